The van der Waals surface area contributed by atoms with Gasteiger partial charge in [-0.25, -0.2) is 0 Å². The monoisotopic (exact) mass is 276 g/mol. The molecule has 0 aliphatic rings. The van der Waals surface area contributed by atoms with Crippen molar-refractivity contribution < 1.29 is 0 Å². The van der Waals surface area contributed by atoms with Gasteiger partial charge in [0.15, 0.2) is 0 Å². The maximum Gasteiger partial charge on any atom is 0.216 e. The van der Waals surface area contributed by atoms with Gasteiger partial charge in [0.1, 0.15) is 4.84 Å². The largest absolute Gasteiger partial charge is 0.216 e. The topological polar surface area (TPSA) is 0 Å². The highest BCUT2D eigenvalue weighted by molar-refractivity contribution is 6.67. The third-order valence-electron chi connectivity index (χ3n) is 1.50. The molecule has 0 unspecified atom stereocenters. The molecule has 1 rings (SSSR count). The van der Waals surface area contributed by atoms with Crippen LogP contribution in [-0.4, -0.2) is 0 Å². The molecule has 0 N–H and O–H groups in total. The molecule has 0 aromatic heterocycles. The zero-order valence-corrected chi connectivity index (χ0v) is 10.1. The van der Waals surface area contributed by atoms with E-state index in [1.165, 1.54) is 0 Å². The molecule has 0 radical (unpaired) electrons. The van der Waals surface area contributed by atoms with Gasteiger partial charge >= 0.3 is 0 Å². The Hall–Kier alpha value is 0.670. The van der Waals surface area contributed by atoms with Crippen LogP contribution < -0.4 is 0 Å². The SMILES string of the molecule is ClC(Cl)c1ccccc1C(Cl)(Cl)Cl. The van der Waals surface area contributed by atoms with Gasteiger partial charge in [-0.1, -0.05) is 59.1 Å². The van der Waals surface area contributed by atoms with Gasteiger partial charge in [0.25, 0.3) is 0 Å². The van der Waals surface area contributed by atoms with Crippen LogP contribution >= 0.6 is 58.0 Å². The number of hydrogen-bond donors (Lipinski definition) is 0. The lowest BCUT2D eigenvalue weighted by molar-refractivity contribution is 1.16. The van der Waals surface area contributed by atoms with Gasteiger partial charge in [-0.05, 0) is 5.56 Å². The van der Waals surface area contributed by atoms with E-state index in [0.29, 0.717) is 11.1 Å². The third-order valence-corrected chi connectivity index (χ3v) is 2.58. The van der Waals surface area contributed by atoms with E-state index in [1.807, 2.05) is 0 Å². The van der Waals surface area contributed by atoms with Crippen LogP contribution in [0, 0.1) is 0 Å². The number of benzene rings is 1. The first-order valence-corrected chi connectivity index (χ1v) is 5.38. The number of halogens is 5. The minimum absolute atomic E-state index is 0.509. The fourth-order valence-electron chi connectivity index (χ4n) is 0.945. The Morgan fingerprint density at radius 3 is 1.92 bits per heavy atom. The van der Waals surface area contributed by atoms with E-state index < -0.39 is 8.63 Å². The van der Waals surface area contributed by atoms with Crippen molar-refractivity contribution >= 4 is 58.0 Å². The van der Waals surface area contributed by atoms with E-state index in [9.17, 15) is 0 Å². The average molecular weight is 278 g/mol. The highest BCUT2D eigenvalue weighted by Crippen LogP contribution is 2.43. The molecule has 5 heteroatoms. The normalized spacial score (nSPS) is 12.2. The van der Waals surface area contributed by atoms with Crippen molar-refractivity contribution in [3.8, 4) is 0 Å². The van der Waals surface area contributed by atoms with Crippen molar-refractivity contribution in [2.75, 3.05) is 0 Å². The van der Waals surface area contributed by atoms with Crippen LogP contribution in [0.3, 0.4) is 0 Å². The van der Waals surface area contributed by atoms with Gasteiger partial charge < -0.3 is 0 Å². The van der Waals surface area contributed by atoms with E-state index in [0.717, 1.165) is 0 Å². The molecule has 0 atom stereocenters. The summed E-state index contributed by atoms with van der Waals surface area (Å²) < 4.78 is -1.49. The summed E-state index contributed by atoms with van der Waals surface area (Å²) in [6.45, 7) is 0. The smallest absolute Gasteiger partial charge is 0.100 e. The predicted molar refractivity (Wildman–Crippen MR) is 60.1 cm³/mol. The molecule has 0 aliphatic heterocycles. The molecule has 0 heterocycles. The highest BCUT2D eigenvalue weighted by atomic mass is 35.6. The zero-order chi connectivity index (χ0) is 10.1. The molecular formula is C8H5Cl5. The van der Waals surface area contributed by atoms with Gasteiger partial charge in [-0.3, -0.25) is 0 Å². The lowest BCUT2D eigenvalue weighted by atomic mass is 10.1. The first kappa shape index (κ1) is 11.7. The van der Waals surface area contributed by atoms with E-state index in [4.69, 9.17) is 58.0 Å². The van der Waals surface area contributed by atoms with Gasteiger partial charge in [-0.15, -0.1) is 23.2 Å². The zero-order valence-electron chi connectivity index (χ0n) is 6.28. The quantitative estimate of drug-likeness (QED) is 0.635. The van der Waals surface area contributed by atoms with Crippen LogP contribution in [0.1, 0.15) is 16.0 Å². The van der Waals surface area contributed by atoms with Crippen LogP contribution in [0.25, 0.3) is 0 Å². The molecule has 0 bridgehead atoms. The molecule has 1 aromatic carbocycles. The van der Waals surface area contributed by atoms with E-state index in [1.54, 1.807) is 24.3 Å². The molecule has 0 saturated carbocycles. The Bertz CT molecular complexity index is 289. The summed E-state index contributed by atoms with van der Waals surface area (Å²) in [5.41, 5.74) is 1.13. The van der Waals surface area contributed by atoms with Crippen molar-refractivity contribution in [2.45, 2.75) is 8.63 Å². The fraction of sp³-hybridized carbons (Fsp3) is 0.250. The lowest BCUT2D eigenvalue weighted by Crippen LogP contribution is -2.04. The molecule has 1 aromatic rings. The minimum Gasteiger partial charge on any atom is -0.100 e. The molecule has 0 fully saturated rings. The summed E-state index contributed by atoms with van der Waals surface area (Å²) in [5, 5.41) is 0. The van der Waals surface area contributed by atoms with Gasteiger partial charge in [0, 0.05) is 5.56 Å². The Balaban J connectivity index is 3.20. The van der Waals surface area contributed by atoms with E-state index in [-0.39, 0.29) is 0 Å². The molecule has 0 amide bonds. The van der Waals surface area contributed by atoms with Crippen LogP contribution in [0.2, 0.25) is 0 Å². The summed E-state index contributed by atoms with van der Waals surface area (Å²) in [6.07, 6.45) is 0. The highest BCUT2D eigenvalue weighted by Gasteiger charge is 2.27. The van der Waals surface area contributed by atoms with Crippen molar-refractivity contribution in [2.24, 2.45) is 0 Å². The third kappa shape index (κ3) is 3.07. The first-order valence-electron chi connectivity index (χ1n) is 3.37. The summed E-state index contributed by atoms with van der Waals surface area (Å²) in [6, 6.07) is 6.95. The lowest BCUT2D eigenvalue weighted by Gasteiger charge is -2.16. The minimum atomic E-state index is -1.49. The number of hydrogen-bond acceptors (Lipinski definition) is 0. The van der Waals surface area contributed by atoms with Crippen LogP contribution in [0.4, 0.5) is 0 Å². The molecule has 0 spiro atoms. The standard InChI is InChI=1S/C8H5Cl5/c9-7(10)5-3-1-2-4-6(5)8(11,12)13/h1-4,7H. The first-order chi connectivity index (χ1) is 5.93. The Morgan fingerprint density at radius 1 is 1.00 bits per heavy atom. The van der Waals surface area contributed by atoms with Gasteiger partial charge in [-0.2, -0.15) is 0 Å². The van der Waals surface area contributed by atoms with Crippen LogP contribution in [0.5, 0.6) is 0 Å². The Morgan fingerprint density at radius 2 is 1.54 bits per heavy atom. The van der Waals surface area contributed by atoms with E-state index in [2.05, 4.69) is 0 Å². The maximum atomic E-state index is 5.72. The predicted octanol–water partition coefficient (Wildman–Crippen LogP) is 4.99. The van der Waals surface area contributed by atoms with E-state index >= 15 is 0 Å². The summed E-state index contributed by atoms with van der Waals surface area (Å²) in [4.78, 5) is -0.688. The number of alkyl halides is 5. The second-order valence-corrected chi connectivity index (χ2v) is 5.76. The number of rotatable bonds is 1. The summed E-state index contributed by atoms with van der Waals surface area (Å²) >= 11 is 28.6. The molecule has 0 aliphatic carbocycles. The molecule has 13 heavy (non-hydrogen) atoms. The van der Waals surface area contributed by atoms with Gasteiger partial charge in [0.05, 0.1) is 0 Å². The fourth-order valence-corrected chi connectivity index (χ4v) is 1.84. The second kappa shape index (κ2) is 4.46. The van der Waals surface area contributed by atoms with Crippen molar-refractivity contribution in [1.82, 2.24) is 0 Å². The average Bonchev–Trinajstić information content (AvgIpc) is 2.03. The summed E-state index contributed by atoms with van der Waals surface area (Å²) in [5.74, 6) is 0. The van der Waals surface area contributed by atoms with Gasteiger partial charge in [0.2, 0.25) is 3.79 Å². The Kier molecular flexibility index (Phi) is 4.03. The molecular weight excluding hydrogens is 273 g/mol. The molecule has 72 valence electrons. The molecule has 0 saturated heterocycles. The van der Waals surface area contributed by atoms with Crippen molar-refractivity contribution in [3.05, 3.63) is 35.4 Å². The van der Waals surface area contributed by atoms with Crippen molar-refractivity contribution in [1.29, 1.82) is 0 Å². The van der Waals surface area contributed by atoms with Crippen LogP contribution in [0.15, 0.2) is 24.3 Å². The maximum absolute atomic E-state index is 5.72. The van der Waals surface area contributed by atoms with Crippen molar-refractivity contribution in [3.63, 3.8) is 0 Å². The summed E-state index contributed by atoms with van der Waals surface area (Å²) in [7, 11) is 0. The van der Waals surface area contributed by atoms with Crippen LogP contribution in [-0.2, 0) is 3.79 Å². The molecule has 0 nitrogen and oxygen atoms in total. The Labute approximate surface area is 102 Å². The second-order valence-electron chi connectivity index (χ2n) is 2.39.